The van der Waals surface area contributed by atoms with Crippen molar-refractivity contribution in [2.45, 2.75) is 48.5 Å². The van der Waals surface area contributed by atoms with Gasteiger partial charge in [-0.15, -0.1) is 11.8 Å². The van der Waals surface area contributed by atoms with Crippen molar-refractivity contribution in [1.29, 1.82) is 0 Å². The van der Waals surface area contributed by atoms with Gasteiger partial charge in [-0.3, -0.25) is 4.79 Å². The molecule has 0 spiro atoms. The lowest BCUT2D eigenvalue weighted by Crippen LogP contribution is -2.58. The molecule has 2 rings (SSSR count). The highest BCUT2D eigenvalue weighted by atomic mass is 32.2. The smallest absolute Gasteiger partial charge is 0.304 e. The molecule has 0 unspecified atom stereocenters. The van der Waals surface area contributed by atoms with Crippen LogP contribution in [0.4, 0.5) is 0 Å². The summed E-state index contributed by atoms with van der Waals surface area (Å²) in [5.41, 5.74) is 0. The lowest BCUT2D eigenvalue weighted by Gasteiger charge is -2.43. The molecule has 3 nitrogen and oxygen atoms in total. The standard InChI is InChI=1S/C11H19NO2S/c13-10(14)6-11(7-12-8-11)15-9-4-2-1-3-5-9/h9,12H,1-8H2,(H,13,14). The average Bonchev–Trinajstić information content (AvgIpc) is 2.15. The van der Waals surface area contributed by atoms with Crippen LogP contribution in [0.3, 0.4) is 0 Å². The van der Waals surface area contributed by atoms with Crippen molar-refractivity contribution < 1.29 is 9.90 Å². The number of aliphatic carboxylic acids is 1. The van der Waals surface area contributed by atoms with E-state index < -0.39 is 5.97 Å². The fourth-order valence-corrected chi connectivity index (χ4v) is 4.32. The zero-order valence-electron chi connectivity index (χ0n) is 9.00. The molecule has 0 bridgehead atoms. The third-order valence-corrected chi connectivity index (χ3v) is 5.07. The summed E-state index contributed by atoms with van der Waals surface area (Å²) in [7, 11) is 0. The van der Waals surface area contributed by atoms with E-state index in [2.05, 4.69) is 5.32 Å². The number of carboxylic acids is 1. The topological polar surface area (TPSA) is 49.3 Å². The largest absolute Gasteiger partial charge is 0.481 e. The molecule has 0 atom stereocenters. The molecule has 4 heteroatoms. The molecule has 2 N–H and O–H groups in total. The molecule has 1 aliphatic carbocycles. The van der Waals surface area contributed by atoms with Crippen LogP contribution < -0.4 is 5.32 Å². The van der Waals surface area contributed by atoms with Crippen LogP contribution in [0.2, 0.25) is 0 Å². The van der Waals surface area contributed by atoms with Gasteiger partial charge in [0.25, 0.3) is 0 Å². The Bertz CT molecular complexity index is 235. The van der Waals surface area contributed by atoms with Gasteiger partial charge in [0.1, 0.15) is 0 Å². The quantitative estimate of drug-likeness (QED) is 0.772. The van der Waals surface area contributed by atoms with Crippen LogP contribution in [0, 0.1) is 0 Å². The van der Waals surface area contributed by atoms with Gasteiger partial charge in [-0.1, -0.05) is 19.3 Å². The van der Waals surface area contributed by atoms with Crippen molar-refractivity contribution in [3.05, 3.63) is 0 Å². The highest BCUT2D eigenvalue weighted by Crippen LogP contribution is 2.41. The molecule has 0 aromatic rings. The molecule has 15 heavy (non-hydrogen) atoms. The van der Waals surface area contributed by atoms with E-state index >= 15 is 0 Å². The molecule has 1 saturated heterocycles. The Kier molecular flexibility index (Phi) is 3.57. The van der Waals surface area contributed by atoms with Crippen LogP contribution in [0.5, 0.6) is 0 Å². The summed E-state index contributed by atoms with van der Waals surface area (Å²) in [6.07, 6.45) is 6.91. The SMILES string of the molecule is O=C(O)CC1(SC2CCCCC2)CNC1. The van der Waals surface area contributed by atoms with E-state index in [-0.39, 0.29) is 4.75 Å². The van der Waals surface area contributed by atoms with E-state index in [4.69, 9.17) is 5.11 Å². The summed E-state index contributed by atoms with van der Waals surface area (Å²) < 4.78 is 0.00778. The zero-order chi connectivity index (χ0) is 10.7. The first-order valence-corrected chi connectivity index (χ1v) is 6.69. The predicted octanol–water partition coefficient (Wildman–Crippen LogP) is 1.87. The Hall–Kier alpha value is -0.220. The molecule has 1 saturated carbocycles. The molecule has 0 aromatic carbocycles. The Morgan fingerprint density at radius 1 is 1.33 bits per heavy atom. The van der Waals surface area contributed by atoms with Crippen molar-refractivity contribution in [3.8, 4) is 0 Å². The number of thioether (sulfide) groups is 1. The third kappa shape index (κ3) is 2.88. The molecule has 1 aliphatic heterocycles. The summed E-state index contributed by atoms with van der Waals surface area (Å²) in [5, 5.41) is 12.8. The van der Waals surface area contributed by atoms with Gasteiger partial charge < -0.3 is 10.4 Å². The molecule has 2 fully saturated rings. The number of carbonyl (C=O) groups is 1. The number of hydrogen-bond donors (Lipinski definition) is 2. The maximum Gasteiger partial charge on any atom is 0.304 e. The highest BCUT2D eigenvalue weighted by Gasteiger charge is 2.41. The van der Waals surface area contributed by atoms with E-state index in [9.17, 15) is 4.79 Å². The van der Waals surface area contributed by atoms with Gasteiger partial charge in [-0.05, 0) is 12.8 Å². The van der Waals surface area contributed by atoms with Gasteiger partial charge in [0.2, 0.25) is 0 Å². The van der Waals surface area contributed by atoms with Crippen molar-refractivity contribution in [2.24, 2.45) is 0 Å². The van der Waals surface area contributed by atoms with E-state index in [1.54, 1.807) is 0 Å². The summed E-state index contributed by atoms with van der Waals surface area (Å²) in [5.74, 6) is -0.653. The van der Waals surface area contributed by atoms with Gasteiger partial charge >= 0.3 is 5.97 Å². The molecule has 1 heterocycles. The number of hydrogen-bond acceptors (Lipinski definition) is 3. The van der Waals surface area contributed by atoms with E-state index in [1.165, 1.54) is 32.1 Å². The minimum atomic E-state index is -0.653. The first-order valence-electron chi connectivity index (χ1n) is 5.81. The molecule has 0 radical (unpaired) electrons. The predicted molar refractivity (Wildman–Crippen MR) is 62.3 cm³/mol. The van der Waals surface area contributed by atoms with Gasteiger partial charge in [0.05, 0.1) is 11.2 Å². The number of rotatable bonds is 4. The molecular formula is C11H19NO2S. The Morgan fingerprint density at radius 3 is 2.47 bits per heavy atom. The fourth-order valence-electron chi connectivity index (χ4n) is 2.47. The van der Waals surface area contributed by atoms with E-state index in [0.717, 1.165) is 13.1 Å². The summed E-state index contributed by atoms with van der Waals surface area (Å²) in [6.45, 7) is 1.75. The second kappa shape index (κ2) is 4.74. The molecule has 0 aromatic heterocycles. The lowest BCUT2D eigenvalue weighted by molar-refractivity contribution is -0.138. The van der Waals surface area contributed by atoms with Crippen molar-refractivity contribution in [1.82, 2.24) is 5.32 Å². The Morgan fingerprint density at radius 2 is 2.00 bits per heavy atom. The molecule has 0 amide bonds. The highest BCUT2D eigenvalue weighted by molar-refractivity contribution is 8.01. The summed E-state index contributed by atoms with van der Waals surface area (Å²) in [6, 6.07) is 0. The first-order chi connectivity index (χ1) is 7.20. The first kappa shape index (κ1) is 11.3. The fraction of sp³-hybridized carbons (Fsp3) is 0.909. The minimum absolute atomic E-state index is 0.00778. The van der Waals surface area contributed by atoms with E-state index in [0.29, 0.717) is 11.7 Å². The average molecular weight is 229 g/mol. The van der Waals surface area contributed by atoms with Gasteiger partial charge in [-0.2, -0.15) is 0 Å². The van der Waals surface area contributed by atoms with Crippen LogP contribution in [0.15, 0.2) is 0 Å². The third-order valence-electron chi connectivity index (χ3n) is 3.34. The van der Waals surface area contributed by atoms with Gasteiger partial charge in [0, 0.05) is 18.3 Å². The number of carboxylic acid groups (broad SMARTS) is 1. The van der Waals surface area contributed by atoms with Crippen molar-refractivity contribution >= 4 is 17.7 Å². The van der Waals surface area contributed by atoms with Crippen LogP contribution in [-0.2, 0) is 4.79 Å². The molecule has 2 aliphatic rings. The Balaban J connectivity index is 1.86. The van der Waals surface area contributed by atoms with E-state index in [1.807, 2.05) is 11.8 Å². The van der Waals surface area contributed by atoms with Crippen molar-refractivity contribution in [2.75, 3.05) is 13.1 Å². The van der Waals surface area contributed by atoms with Crippen LogP contribution in [0.25, 0.3) is 0 Å². The monoisotopic (exact) mass is 229 g/mol. The Labute approximate surface area is 95.0 Å². The van der Waals surface area contributed by atoms with Gasteiger partial charge in [-0.25, -0.2) is 0 Å². The number of nitrogens with one attached hydrogen (secondary N) is 1. The van der Waals surface area contributed by atoms with Crippen LogP contribution in [-0.4, -0.2) is 34.2 Å². The molecule has 86 valence electrons. The summed E-state index contributed by atoms with van der Waals surface area (Å²) in [4.78, 5) is 10.8. The van der Waals surface area contributed by atoms with Crippen molar-refractivity contribution in [3.63, 3.8) is 0 Å². The zero-order valence-corrected chi connectivity index (χ0v) is 9.81. The maximum absolute atomic E-state index is 10.8. The second-order valence-corrected chi connectivity index (χ2v) is 6.50. The maximum atomic E-state index is 10.8. The lowest BCUT2D eigenvalue weighted by atomic mass is 9.98. The second-order valence-electron chi connectivity index (χ2n) is 4.73. The van der Waals surface area contributed by atoms with Crippen LogP contribution >= 0.6 is 11.8 Å². The summed E-state index contributed by atoms with van der Waals surface area (Å²) >= 11 is 1.94. The van der Waals surface area contributed by atoms with Crippen LogP contribution in [0.1, 0.15) is 38.5 Å². The normalized spacial score (nSPS) is 25.9. The van der Waals surface area contributed by atoms with Gasteiger partial charge in [0.15, 0.2) is 0 Å². The molecular weight excluding hydrogens is 210 g/mol. The minimum Gasteiger partial charge on any atom is -0.481 e.